The Hall–Kier alpha value is -1.91. The molecule has 2 aromatic rings. The maximum Gasteiger partial charge on any atom is 0.337 e. The molecular weight excluding hydrogens is 199 g/mol. The molecule has 0 aliphatic heterocycles. The molecule has 0 spiro atoms. The lowest BCUT2D eigenvalue weighted by Crippen LogP contribution is -2.01. The van der Waals surface area contributed by atoms with Gasteiger partial charge in [-0.3, -0.25) is 0 Å². The number of rotatable bonds is 1. The number of hydrogen-bond acceptors (Lipinski definition) is 3. The minimum Gasteiger partial charge on any atom is -0.465 e. The smallest absolute Gasteiger partial charge is 0.337 e. The average Bonchev–Trinajstić information content (AvgIpc) is 2.54. The molecule has 0 saturated carbocycles. The van der Waals surface area contributed by atoms with E-state index >= 15 is 0 Å². The highest BCUT2D eigenvalue weighted by molar-refractivity contribution is 5.93. The second kappa shape index (κ2) is 3.34. The highest BCUT2D eigenvalue weighted by Gasteiger charge is 2.11. The van der Waals surface area contributed by atoms with E-state index in [1.54, 1.807) is 25.2 Å². The summed E-state index contributed by atoms with van der Waals surface area (Å²) in [6.45, 7) is 0. The van der Waals surface area contributed by atoms with Gasteiger partial charge in [0.05, 0.1) is 23.7 Å². The Bertz CT molecular complexity index is 533. The molecule has 0 saturated heterocycles. The first-order valence-electron chi connectivity index (χ1n) is 4.34. The number of carbonyl (C=O) groups is 1. The van der Waals surface area contributed by atoms with E-state index < -0.39 is 12.0 Å². The number of methoxy groups -OCH3 is 1. The number of imidazole rings is 1. The van der Waals surface area contributed by atoms with E-state index in [1.807, 2.05) is 0 Å². The molecule has 1 aromatic carbocycles. The molecular formula is C10H9FN2O2. The fraction of sp³-hybridized carbons (Fsp3) is 0.200. The minimum atomic E-state index is -0.577. The van der Waals surface area contributed by atoms with Gasteiger partial charge < -0.3 is 9.30 Å². The molecule has 4 nitrogen and oxygen atoms in total. The molecule has 5 heteroatoms. The largest absolute Gasteiger partial charge is 0.465 e. The van der Waals surface area contributed by atoms with Gasteiger partial charge in [0, 0.05) is 7.05 Å². The second-order valence-corrected chi connectivity index (χ2v) is 3.13. The van der Waals surface area contributed by atoms with Gasteiger partial charge in [-0.15, -0.1) is 0 Å². The summed E-state index contributed by atoms with van der Waals surface area (Å²) in [7, 11) is 2.85. The third-order valence-corrected chi connectivity index (χ3v) is 2.25. The van der Waals surface area contributed by atoms with Gasteiger partial charge in [0.15, 0.2) is 0 Å². The van der Waals surface area contributed by atoms with Crippen LogP contribution in [0.4, 0.5) is 4.39 Å². The van der Waals surface area contributed by atoms with Gasteiger partial charge in [0.1, 0.15) is 0 Å². The maximum atomic E-state index is 13.1. The number of ether oxygens (including phenoxy) is 1. The van der Waals surface area contributed by atoms with Crippen LogP contribution in [0.1, 0.15) is 10.4 Å². The summed E-state index contributed by atoms with van der Waals surface area (Å²) >= 11 is 0. The number of halogens is 1. The molecule has 0 aliphatic carbocycles. The lowest BCUT2D eigenvalue weighted by atomic mass is 10.2. The molecule has 78 valence electrons. The first kappa shape index (κ1) is 9.64. The van der Waals surface area contributed by atoms with Crippen LogP contribution in [0.15, 0.2) is 18.2 Å². The summed E-state index contributed by atoms with van der Waals surface area (Å²) in [5, 5.41) is 0. The number of carbonyl (C=O) groups excluding carboxylic acids is 1. The predicted molar refractivity (Wildman–Crippen MR) is 52.0 cm³/mol. The van der Waals surface area contributed by atoms with Crippen molar-refractivity contribution >= 4 is 17.0 Å². The number of nitrogens with zero attached hydrogens (tertiary/aromatic N) is 2. The van der Waals surface area contributed by atoms with Crippen LogP contribution in [-0.2, 0) is 11.8 Å². The topological polar surface area (TPSA) is 44.1 Å². The van der Waals surface area contributed by atoms with Gasteiger partial charge in [-0.05, 0) is 18.2 Å². The van der Waals surface area contributed by atoms with Gasteiger partial charge in [-0.25, -0.2) is 9.78 Å². The van der Waals surface area contributed by atoms with E-state index in [0.717, 1.165) is 0 Å². The molecule has 1 aromatic heterocycles. The Kier molecular flexibility index (Phi) is 2.15. The molecule has 0 atom stereocenters. The summed E-state index contributed by atoms with van der Waals surface area (Å²) < 4.78 is 18.9. The van der Waals surface area contributed by atoms with Crippen LogP contribution in [-0.4, -0.2) is 22.6 Å². The second-order valence-electron chi connectivity index (χ2n) is 3.13. The fourth-order valence-corrected chi connectivity index (χ4v) is 1.41. The predicted octanol–water partition coefficient (Wildman–Crippen LogP) is 1.50. The lowest BCUT2D eigenvalue weighted by molar-refractivity contribution is 0.0601. The van der Waals surface area contributed by atoms with Gasteiger partial charge in [-0.1, -0.05) is 0 Å². The van der Waals surface area contributed by atoms with Gasteiger partial charge in [0.2, 0.25) is 0 Å². The number of esters is 1. The average molecular weight is 208 g/mol. The van der Waals surface area contributed by atoms with E-state index in [-0.39, 0.29) is 0 Å². The molecule has 0 radical (unpaired) electrons. The molecule has 0 aliphatic rings. The Balaban J connectivity index is 2.64. The highest BCUT2D eigenvalue weighted by atomic mass is 19.1. The van der Waals surface area contributed by atoms with Crippen LogP contribution in [0.3, 0.4) is 0 Å². The van der Waals surface area contributed by atoms with Crippen molar-refractivity contribution in [3.8, 4) is 0 Å². The first-order valence-corrected chi connectivity index (χ1v) is 4.34. The van der Waals surface area contributed by atoms with E-state index in [1.165, 1.54) is 11.7 Å². The van der Waals surface area contributed by atoms with Gasteiger partial charge >= 0.3 is 5.97 Å². The van der Waals surface area contributed by atoms with Crippen molar-refractivity contribution < 1.29 is 13.9 Å². The third kappa shape index (κ3) is 1.45. The number of benzene rings is 1. The standard InChI is InChI=1S/C10H9FN2O2/c1-13-8-5-6(9(14)15-2)3-4-7(8)12-10(13)11/h3-5H,1-2H3. The van der Waals surface area contributed by atoms with Crippen molar-refractivity contribution in [1.82, 2.24) is 9.55 Å². The highest BCUT2D eigenvalue weighted by Crippen LogP contribution is 2.16. The van der Waals surface area contributed by atoms with Crippen molar-refractivity contribution in [2.75, 3.05) is 7.11 Å². The van der Waals surface area contributed by atoms with Gasteiger partial charge in [0.25, 0.3) is 6.08 Å². The molecule has 1 heterocycles. The number of hydrogen-bond donors (Lipinski definition) is 0. The van der Waals surface area contributed by atoms with E-state index in [0.29, 0.717) is 16.6 Å². The van der Waals surface area contributed by atoms with Crippen LogP contribution < -0.4 is 0 Å². The zero-order valence-corrected chi connectivity index (χ0v) is 8.32. The molecule has 15 heavy (non-hydrogen) atoms. The van der Waals surface area contributed by atoms with Crippen LogP contribution in [0, 0.1) is 6.08 Å². The molecule has 0 fully saturated rings. The Morgan fingerprint density at radius 2 is 2.27 bits per heavy atom. The molecule has 2 rings (SSSR count). The Morgan fingerprint density at radius 1 is 1.53 bits per heavy atom. The van der Waals surface area contributed by atoms with Crippen LogP contribution >= 0.6 is 0 Å². The van der Waals surface area contributed by atoms with Crippen molar-refractivity contribution in [3.05, 3.63) is 29.8 Å². The third-order valence-electron chi connectivity index (χ3n) is 2.25. The van der Waals surface area contributed by atoms with Crippen molar-refractivity contribution in [3.63, 3.8) is 0 Å². The van der Waals surface area contributed by atoms with Crippen molar-refractivity contribution in [2.24, 2.45) is 7.05 Å². The van der Waals surface area contributed by atoms with E-state index in [4.69, 9.17) is 0 Å². The zero-order chi connectivity index (χ0) is 11.0. The van der Waals surface area contributed by atoms with Gasteiger partial charge in [-0.2, -0.15) is 4.39 Å². The summed E-state index contributed by atoms with van der Waals surface area (Å²) in [5.41, 5.74) is 1.46. The number of fused-ring (bicyclic) bond motifs is 1. The fourth-order valence-electron chi connectivity index (χ4n) is 1.41. The normalized spacial score (nSPS) is 10.6. The molecule has 0 N–H and O–H groups in total. The van der Waals surface area contributed by atoms with Crippen LogP contribution in [0.2, 0.25) is 0 Å². The first-order chi connectivity index (χ1) is 7.13. The summed E-state index contributed by atoms with van der Waals surface area (Å²) in [6, 6.07) is 4.70. The Labute approximate surface area is 85.3 Å². The maximum absolute atomic E-state index is 13.1. The van der Waals surface area contributed by atoms with E-state index in [2.05, 4.69) is 9.72 Å². The summed E-state index contributed by atoms with van der Waals surface area (Å²) in [5.74, 6) is -0.446. The van der Waals surface area contributed by atoms with Crippen molar-refractivity contribution in [1.29, 1.82) is 0 Å². The molecule has 0 amide bonds. The summed E-state index contributed by atoms with van der Waals surface area (Å²) in [6.07, 6.45) is -0.577. The van der Waals surface area contributed by atoms with Crippen LogP contribution in [0.25, 0.3) is 11.0 Å². The number of aryl methyl sites for hydroxylation is 1. The number of aromatic nitrogens is 2. The van der Waals surface area contributed by atoms with E-state index in [9.17, 15) is 9.18 Å². The Morgan fingerprint density at radius 3 is 2.93 bits per heavy atom. The quantitative estimate of drug-likeness (QED) is 0.667. The van der Waals surface area contributed by atoms with Crippen LogP contribution in [0.5, 0.6) is 0 Å². The zero-order valence-electron chi connectivity index (χ0n) is 8.32. The SMILES string of the molecule is COC(=O)c1ccc2nc(F)n(C)c2c1. The molecule has 0 bridgehead atoms. The monoisotopic (exact) mass is 208 g/mol. The summed E-state index contributed by atoms with van der Waals surface area (Å²) in [4.78, 5) is 14.9. The molecule has 0 unspecified atom stereocenters. The minimum absolute atomic E-state index is 0.382. The lowest BCUT2D eigenvalue weighted by Gasteiger charge is -1.99. The van der Waals surface area contributed by atoms with Crippen molar-refractivity contribution in [2.45, 2.75) is 0 Å².